The summed E-state index contributed by atoms with van der Waals surface area (Å²) in [5.41, 5.74) is 4.28. The molecule has 0 saturated heterocycles. The van der Waals surface area contributed by atoms with Gasteiger partial charge in [-0.25, -0.2) is 4.79 Å². The summed E-state index contributed by atoms with van der Waals surface area (Å²) in [6.45, 7) is 3.73. The first-order valence-corrected chi connectivity index (χ1v) is 9.21. The summed E-state index contributed by atoms with van der Waals surface area (Å²) in [6, 6.07) is 18.1. The standard InChI is InChI=1S/C22H22N2O3/c1-14-20(23-22(25)26-15(2)16-8-9-16)21(27-24-14)19-12-10-18(11-13-19)17-6-4-3-5-7-17/h3-7,10-13,15-16H,8-9H2,1-2H3,(H,23,25). The highest BCUT2D eigenvalue weighted by atomic mass is 16.6. The number of hydrogen-bond donors (Lipinski definition) is 1. The zero-order chi connectivity index (χ0) is 18.8. The molecule has 1 fully saturated rings. The van der Waals surface area contributed by atoms with Crippen LogP contribution >= 0.6 is 0 Å². The second-order valence-electron chi connectivity index (χ2n) is 6.99. The molecule has 1 saturated carbocycles. The third kappa shape index (κ3) is 3.87. The van der Waals surface area contributed by atoms with Crippen LogP contribution in [0.4, 0.5) is 10.5 Å². The number of hydrogen-bond acceptors (Lipinski definition) is 4. The van der Waals surface area contributed by atoms with E-state index in [1.165, 1.54) is 0 Å². The molecular formula is C22H22N2O3. The van der Waals surface area contributed by atoms with Crippen molar-refractivity contribution in [3.8, 4) is 22.5 Å². The predicted molar refractivity (Wildman–Crippen MR) is 104 cm³/mol. The van der Waals surface area contributed by atoms with Crippen molar-refractivity contribution in [2.24, 2.45) is 5.92 Å². The SMILES string of the molecule is Cc1noc(-c2ccc(-c3ccccc3)cc2)c1NC(=O)OC(C)C1CC1. The summed E-state index contributed by atoms with van der Waals surface area (Å²) in [6.07, 6.45) is 1.71. The number of rotatable bonds is 5. The van der Waals surface area contributed by atoms with Gasteiger partial charge < -0.3 is 9.26 Å². The van der Waals surface area contributed by atoms with Gasteiger partial charge in [0.15, 0.2) is 5.76 Å². The Morgan fingerprint density at radius 2 is 1.70 bits per heavy atom. The molecule has 1 heterocycles. The minimum Gasteiger partial charge on any atom is -0.446 e. The van der Waals surface area contributed by atoms with Crippen molar-refractivity contribution < 1.29 is 14.1 Å². The number of benzene rings is 2. The number of carbonyl (C=O) groups excluding carboxylic acids is 1. The minimum atomic E-state index is -0.470. The van der Waals surface area contributed by atoms with Crippen molar-refractivity contribution in [1.82, 2.24) is 5.16 Å². The van der Waals surface area contributed by atoms with Gasteiger partial charge in [0, 0.05) is 5.56 Å². The predicted octanol–water partition coefficient (Wildman–Crippen LogP) is 5.66. The molecule has 0 spiro atoms. The van der Waals surface area contributed by atoms with Crippen LogP contribution in [0.25, 0.3) is 22.5 Å². The second kappa shape index (κ2) is 7.27. The van der Waals surface area contributed by atoms with Gasteiger partial charge in [0.2, 0.25) is 0 Å². The molecule has 1 N–H and O–H groups in total. The van der Waals surface area contributed by atoms with E-state index in [-0.39, 0.29) is 6.10 Å². The van der Waals surface area contributed by atoms with Crippen molar-refractivity contribution in [2.75, 3.05) is 5.32 Å². The summed E-state index contributed by atoms with van der Waals surface area (Å²) in [5.74, 6) is 1.02. The highest BCUT2D eigenvalue weighted by Crippen LogP contribution is 2.35. The maximum atomic E-state index is 12.2. The number of carbonyl (C=O) groups is 1. The zero-order valence-electron chi connectivity index (χ0n) is 15.4. The first-order valence-electron chi connectivity index (χ1n) is 9.21. The van der Waals surface area contributed by atoms with Crippen LogP contribution < -0.4 is 5.32 Å². The summed E-state index contributed by atoms with van der Waals surface area (Å²) >= 11 is 0. The van der Waals surface area contributed by atoms with E-state index in [0.717, 1.165) is 29.5 Å². The molecule has 1 amide bonds. The molecular weight excluding hydrogens is 340 g/mol. The fourth-order valence-corrected chi connectivity index (χ4v) is 3.12. The van der Waals surface area contributed by atoms with Crippen LogP contribution in [-0.4, -0.2) is 17.4 Å². The van der Waals surface area contributed by atoms with Gasteiger partial charge in [-0.2, -0.15) is 0 Å². The van der Waals surface area contributed by atoms with Crippen LogP contribution in [0.3, 0.4) is 0 Å². The van der Waals surface area contributed by atoms with Gasteiger partial charge in [-0.3, -0.25) is 5.32 Å². The fourth-order valence-electron chi connectivity index (χ4n) is 3.12. The first kappa shape index (κ1) is 17.3. The first-order chi connectivity index (χ1) is 13.1. The van der Waals surface area contributed by atoms with E-state index in [2.05, 4.69) is 22.6 Å². The molecule has 138 valence electrons. The normalized spacial score (nSPS) is 14.6. The van der Waals surface area contributed by atoms with Gasteiger partial charge in [0.05, 0.1) is 0 Å². The highest BCUT2D eigenvalue weighted by molar-refractivity contribution is 5.91. The molecule has 1 aliphatic rings. The molecule has 5 nitrogen and oxygen atoms in total. The van der Waals surface area contributed by atoms with Crippen molar-refractivity contribution in [3.05, 3.63) is 60.3 Å². The Kier molecular flexibility index (Phi) is 4.67. The Bertz CT molecular complexity index is 928. The van der Waals surface area contributed by atoms with Gasteiger partial charge in [0.25, 0.3) is 0 Å². The molecule has 4 rings (SSSR count). The number of anilines is 1. The molecule has 3 aromatic rings. The summed E-state index contributed by atoms with van der Waals surface area (Å²) in [4.78, 5) is 12.2. The van der Waals surface area contributed by atoms with Crippen LogP contribution in [0.5, 0.6) is 0 Å². The molecule has 1 unspecified atom stereocenters. The Balaban J connectivity index is 1.53. The van der Waals surface area contributed by atoms with Crippen LogP contribution in [0.15, 0.2) is 59.1 Å². The molecule has 5 heteroatoms. The maximum Gasteiger partial charge on any atom is 0.412 e. The third-order valence-corrected chi connectivity index (χ3v) is 4.92. The third-order valence-electron chi connectivity index (χ3n) is 4.92. The molecule has 0 radical (unpaired) electrons. The van der Waals surface area contributed by atoms with Crippen molar-refractivity contribution in [2.45, 2.75) is 32.8 Å². The van der Waals surface area contributed by atoms with Gasteiger partial charge in [-0.15, -0.1) is 0 Å². The van der Waals surface area contributed by atoms with E-state index in [4.69, 9.17) is 9.26 Å². The minimum absolute atomic E-state index is 0.0706. The molecule has 0 bridgehead atoms. The Labute approximate surface area is 158 Å². The monoisotopic (exact) mass is 362 g/mol. The van der Waals surface area contributed by atoms with E-state index >= 15 is 0 Å². The largest absolute Gasteiger partial charge is 0.446 e. The lowest BCUT2D eigenvalue weighted by Crippen LogP contribution is -2.21. The topological polar surface area (TPSA) is 64.4 Å². The molecule has 2 aromatic carbocycles. The number of ether oxygens (including phenoxy) is 1. The lowest BCUT2D eigenvalue weighted by molar-refractivity contribution is 0.108. The average molecular weight is 362 g/mol. The van der Waals surface area contributed by atoms with Crippen LogP contribution in [0.1, 0.15) is 25.5 Å². The maximum absolute atomic E-state index is 12.2. The molecule has 0 aliphatic heterocycles. The number of aromatic nitrogens is 1. The van der Waals surface area contributed by atoms with Crippen molar-refractivity contribution >= 4 is 11.8 Å². The lowest BCUT2D eigenvalue weighted by atomic mass is 10.0. The summed E-state index contributed by atoms with van der Waals surface area (Å²) < 4.78 is 10.9. The average Bonchev–Trinajstić information content (AvgIpc) is 3.48. The van der Waals surface area contributed by atoms with Crippen LogP contribution in [0.2, 0.25) is 0 Å². The number of amides is 1. The van der Waals surface area contributed by atoms with Crippen molar-refractivity contribution in [1.29, 1.82) is 0 Å². The number of nitrogens with zero attached hydrogens (tertiary/aromatic N) is 1. The smallest absolute Gasteiger partial charge is 0.412 e. The number of aryl methyl sites for hydroxylation is 1. The quantitative estimate of drug-likeness (QED) is 0.636. The van der Waals surface area contributed by atoms with Gasteiger partial charge >= 0.3 is 6.09 Å². The summed E-state index contributed by atoms with van der Waals surface area (Å²) in [7, 11) is 0. The zero-order valence-corrected chi connectivity index (χ0v) is 15.4. The van der Waals surface area contributed by atoms with E-state index < -0.39 is 6.09 Å². The van der Waals surface area contributed by atoms with E-state index in [9.17, 15) is 4.79 Å². The van der Waals surface area contributed by atoms with E-state index in [1.54, 1.807) is 6.92 Å². The molecule has 1 aliphatic carbocycles. The Morgan fingerprint density at radius 3 is 2.37 bits per heavy atom. The second-order valence-corrected chi connectivity index (χ2v) is 6.99. The Morgan fingerprint density at radius 1 is 1.07 bits per heavy atom. The number of nitrogens with one attached hydrogen (secondary N) is 1. The van der Waals surface area contributed by atoms with Gasteiger partial charge in [-0.1, -0.05) is 59.8 Å². The van der Waals surface area contributed by atoms with Crippen molar-refractivity contribution in [3.63, 3.8) is 0 Å². The van der Waals surface area contributed by atoms with E-state index in [0.29, 0.717) is 23.1 Å². The molecule has 1 atom stereocenters. The lowest BCUT2D eigenvalue weighted by Gasteiger charge is -2.13. The van der Waals surface area contributed by atoms with Gasteiger partial charge in [-0.05, 0) is 43.7 Å². The fraction of sp³-hybridized carbons (Fsp3) is 0.273. The van der Waals surface area contributed by atoms with E-state index in [1.807, 2.05) is 49.4 Å². The van der Waals surface area contributed by atoms with Crippen LogP contribution in [-0.2, 0) is 4.74 Å². The Hall–Kier alpha value is -3.08. The summed E-state index contributed by atoms with van der Waals surface area (Å²) in [5, 5.41) is 6.81. The molecule has 27 heavy (non-hydrogen) atoms. The van der Waals surface area contributed by atoms with Gasteiger partial charge in [0.1, 0.15) is 17.5 Å². The highest BCUT2D eigenvalue weighted by Gasteiger charge is 2.31. The molecule has 1 aromatic heterocycles. The van der Waals surface area contributed by atoms with Crippen LogP contribution in [0, 0.1) is 12.8 Å².